The molecule has 2 rings (SSSR count). The van der Waals surface area contributed by atoms with Gasteiger partial charge in [0.25, 0.3) is 0 Å². The Bertz CT molecular complexity index is 447. The Morgan fingerprint density at radius 2 is 2.19 bits per heavy atom. The number of hydrogen-bond donors (Lipinski definition) is 3. The van der Waals surface area contributed by atoms with E-state index < -0.39 is 6.10 Å². The van der Waals surface area contributed by atoms with Crippen LogP contribution in [0.5, 0.6) is 5.75 Å². The molecule has 1 heterocycles. The van der Waals surface area contributed by atoms with E-state index in [1.807, 2.05) is 24.3 Å². The van der Waals surface area contributed by atoms with Gasteiger partial charge in [0.15, 0.2) is 0 Å². The number of carbonyl (C=O) groups is 1. The number of ether oxygens (including phenoxy) is 1. The van der Waals surface area contributed by atoms with E-state index in [9.17, 15) is 9.90 Å². The molecular formula is C16H24N2O3. The van der Waals surface area contributed by atoms with E-state index in [-0.39, 0.29) is 18.6 Å². The van der Waals surface area contributed by atoms with Crippen LogP contribution in [0.3, 0.4) is 0 Å². The number of aliphatic hydroxyl groups excluding tert-OH is 1. The fourth-order valence-electron chi connectivity index (χ4n) is 2.32. The molecule has 0 saturated carbocycles. The van der Waals surface area contributed by atoms with E-state index in [2.05, 4.69) is 17.6 Å². The lowest BCUT2D eigenvalue weighted by Gasteiger charge is -2.24. The zero-order valence-corrected chi connectivity index (χ0v) is 12.5. The number of hydrogen-bond acceptors (Lipinski definition) is 4. The molecule has 0 aromatic heterocycles. The zero-order chi connectivity index (χ0) is 15.1. The van der Waals surface area contributed by atoms with Crippen LogP contribution in [0.25, 0.3) is 0 Å². The molecule has 1 aliphatic heterocycles. The summed E-state index contributed by atoms with van der Waals surface area (Å²) >= 11 is 0. The third-order valence-electron chi connectivity index (χ3n) is 3.66. The van der Waals surface area contributed by atoms with Crippen molar-refractivity contribution < 1.29 is 14.6 Å². The Balaban J connectivity index is 1.69. The molecule has 0 bridgehead atoms. The van der Waals surface area contributed by atoms with Crippen LogP contribution in [0.4, 0.5) is 0 Å². The van der Waals surface area contributed by atoms with Gasteiger partial charge in [-0.3, -0.25) is 4.79 Å². The van der Waals surface area contributed by atoms with Crippen molar-refractivity contribution in [2.24, 2.45) is 0 Å². The fourth-order valence-corrected chi connectivity index (χ4v) is 2.32. The van der Waals surface area contributed by atoms with E-state index in [0.717, 1.165) is 31.6 Å². The number of carbonyl (C=O) groups excluding carboxylic acids is 1. The average molecular weight is 292 g/mol. The van der Waals surface area contributed by atoms with Crippen LogP contribution >= 0.6 is 0 Å². The lowest BCUT2D eigenvalue weighted by molar-refractivity contribution is -0.124. The summed E-state index contributed by atoms with van der Waals surface area (Å²) in [7, 11) is 0. The summed E-state index contributed by atoms with van der Waals surface area (Å²) in [5, 5.41) is 15.8. The first-order valence-corrected chi connectivity index (χ1v) is 7.60. The first kappa shape index (κ1) is 15.8. The highest BCUT2D eigenvalue weighted by Crippen LogP contribution is 2.12. The summed E-state index contributed by atoms with van der Waals surface area (Å²) in [6.45, 7) is 3.42. The van der Waals surface area contributed by atoms with Crippen molar-refractivity contribution in [2.45, 2.75) is 38.3 Å². The molecule has 0 radical (unpaired) electrons. The molecule has 5 nitrogen and oxygen atoms in total. The maximum atomic E-state index is 11.6. The van der Waals surface area contributed by atoms with Crippen molar-refractivity contribution in [3.05, 3.63) is 29.8 Å². The second kappa shape index (κ2) is 8.00. The Kier molecular flexibility index (Phi) is 6.02. The minimum absolute atomic E-state index is 0.0181. The average Bonchev–Trinajstić information content (AvgIpc) is 2.52. The molecule has 2 atom stereocenters. The summed E-state index contributed by atoms with van der Waals surface area (Å²) in [5.41, 5.74) is 1.26. The van der Waals surface area contributed by atoms with Gasteiger partial charge in [-0.2, -0.15) is 0 Å². The van der Waals surface area contributed by atoms with E-state index in [1.165, 1.54) is 5.56 Å². The standard InChI is InChI=1S/C16H24N2O3/c1-2-12-5-7-14(8-6-12)21-11-13(19)10-18-15-4-3-9-17-16(15)20/h5-8,13,15,18-19H,2-4,9-11H2,1H3,(H,17,20). The molecule has 3 N–H and O–H groups in total. The molecule has 21 heavy (non-hydrogen) atoms. The summed E-state index contributed by atoms with van der Waals surface area (Å²) in [6.07, 6.45) is 2.15. The Morgan fingerprint density at radius 1 is 1.43 bits per heavy atom. The van der Waals surface area contributed by atoms with Crippen LogP contribution < -0.4 is 15.4 Å². The van der Waals surface area contributed by atoms with Crippen molar-refractivity contribution in [1.82, 2.24) is 10.6 Å². The fraction of sp³-hybridized carbons (Fsp3) is 0.562. The predicted octanol–water partition coefficient (Wildman–Crippen LogP) is 0.857. The number of amides is 1. The Hall–Kier alpha value is -1.59. The van der Waals surface area contributed by atoms with Gasteiger partial charge >= 0.3 is 0 Å². The van der Waals surface area contributed by atoms with Crippen LogP contribution in [0.1, 0.15) is 25.3 Å². The summed E-state index contributed by atoms with van der Waals surface area (Å²) in [6, 6.07) is 7.66. The van der Waals surface area contributed by atoms with Gasteiger partial charge in [-0.05, 0) is 37.0 Å². The van der Waals surface area contributed by atoms with Gasteiger partial charge in [0.2, 0.25) is 5.91 Å². The lowest BCUT2D eigenvalue weighted by Crippen LogP contribution is -2.50. The van der Waals surface area contributed by atoms with Gasteiger partial charge in [-0.15, -0.1) is 0 Å². The molecule has 0 aliphatic carbocycles. The minimum atomic E-state index is -0.634. The molecule has 1 aliphatic rings. The number of aryl methyl sites for hydroxylation is 1. The highest BCUT2D eigenvalue weighted by molar-refractivity contribution is 5.82. The first-order chi connectivity index (χ1) is 10.2. The minimum Gasteiger partial charge on any atom is -0.491 e. The van der Waals surface area contributed by atoms with Crippen LogP contribution in [0, 0.1) is 0 Å². The molecule has 0 spiro atoms. The molecule has 1 aromatic carbocycles. The van der Waals surface area contributed by atoms with E-state index in [0.29, 0.717) is 6.54 Å². The number of piperidine rings is 1. The van der Waals surface area contributed by atoms with Crippen molar-refractivity contribution >= 4 is 5.91 Å². The smallest absolute Gasteiger partial charge is 0.237 e. The molecule has 1 fully saturated rings. The second-order valence-electron chi connectivity index (χ2n) is 5.36. The lowest BCUT2D eigenvalue weighted by atomic mass is 10.1. The Labute approximate surface area is 125 Å². The summed E-state index contributed by atoms with van der Waals surface area (Å²) in [4.78, 5) is 11.6. The highest BCUT2D eigenvalue weighted by Gasteiger charge is 2.21. The second-order valence-corrected chi connectivity index (χ2v) is 5.36. The molecule has 1 aromatic rings. The maximum Gasteiger partial charge on any atom is 0.237 e. The first-order valence-electron chi connectivity index (χ1n) is 7.60. The molecule has 116 valence electrons. The predicted molar refractivity (Wildman–Crippen MR) is 81.4 cm³/mol. The van der Waals surface area contributed by atoms with Crippen LogP contribution in [-0.2, 0) is 11.2 Å². The number of rotatable bonds is 7. The maximum absolute atomic E-state index is 11.6. The SMILES string of the molecule is CCc1ccc(OCC(O)CNC2CCCNC2=O)cc1. The molecule has 1 amide bonds. The molecular weight excluding hydrogens is 268 g/mol. The van der Waals surface area contributed by atoms with Gasteiger partial charge in [0.1, 0.15) is 18.5 Å². The third-order valence-corrected chi connectivity index (χ3v) is 3.66. The third kappa shape index (κ3) is 5.02. The van der Waals surface area contributed by atoms with Crippen molar-refractivity contribution in [3.8, 4) is 5.75 Å². The van der Waals surface area contributed by atoms with Gasteiger partial charge in [0.05, 0.1) is 6.04 Å². The number of aliphatic hydroxyl groups is 1. The topological polar surface area (TPSA) is 70.6 Å². The van der Waals surface area contributed by atoms with Crippen molar-refractivity contribution in [1.29, 1.82) is 0 Å². The van der Waals surface area contributed by atoms with E-state index >= 15 is 0 Å². The number of nitrogens with one attached hydrogen (secondary N) is 2. The van der Waals surface area contributed by atoms with Crippen molar-refractivity contribution in [3.63, 3.8) is 0 Å². The van der Waals surface area contributed by atoms with Crippen LogP contribution in [0.15, 0.2) is 24.3 Å². The number of benzene rings is 1. The van der Waals surface area contributed by atoms with Gasteiger partial charge in [0, 0.05) is 13.1 Å². The molecule has 2 unspecified atom stereocenters. The summed E-state index contributed by atoms with van der Waals surface area (Å²) < 4.78 is 5.54. The van der Waals surface area contributed by atoms with Gasteiger partial charge in [-0.1, -0.05) is 19.1 Å². The van der Waals surface area contributed by atoms with Gasteiger partial charge in [-0.25, -0.2) is 0 Å². The zero-order valence-electron chi connectivity index (χ0n) is 12.5. The largest absolute Gasteiger partial charge is 0.491 e. The van der Waals surface area contributed by atoms with Crippen LogP contribution in [-0.4, -0.2) is 42.9 Å². The van der Waals surface area contributed by atoms with Crippen LogP contribution in [0.2, 0.25) is 0 Å². The summed E-state index contributed by atoms with van der Waals surface area (Å²) in [5.74, 6) is 0.770. The molecule has 1 saturated heterocycles. The van der Waals surface area contributed by atoms with E-state index in [4.69, 9.17) is 4.74 Å². The monoisotopic (exact) mass is 292 g/mol. The van der Waals surface area contributed by atoms with Crippen molar-refractivity contribution in [2.75, 3.05) is 19.7 Å². The highest BCUT2D eigenvalue weighted by atomic mass is 16.5. The quantitative estimate of drug-likeness (QED) is 0.697. The molecule has 5 heteroatoms. The normalized spacial score (nSPS) is 19.9. The van der Waals surface area contributed by atoms with Gasteiger partial charge < -0.3 is 20.5 Å². The van der Waals surface area contributed by atoms with E-state index in [1.54, 1.807) is 0 Å². The Morgan fingerprint density at radius 3 is 2.86 bits per heavy atom.